The minimum atomic E-state index is -3.41. The summed E-state index contributed by atoms with van der Waals surface area (Å²) in [5.41, 5.74) is 6.32. The number of piperidine rings is 1. The third kappa shape index (κ3) is 4.95. The predicted octanol–water partition coefficient (Wildman–Crippen LogP) is 4.89. The molecule has 2 aliphatic heterocycles. The van der Waals surface area contributed by atoms with Gasteiger partial charge in [0.05, 0.1) is 35.8 Å². The highest BCUT2D eigenvalue weighted by Crippen LogP contribution is 2.40. The molecular formula is C29H35N7O3S. The van der Waals surface area contributed by atoms with Crippen LogP contribution in [0, 0.1) is 6.92 Å². The van der Waals surface area contributed by atoms with E-state index in [1.54, 1.807) is 7.11 Å². The number of aryl methyl sites for hydroxylation is 1. The van der Waals surface area contributed by atoms with Crippen LogP contribution in [0.5, 0.6) is 5.75 Å². The van der Waals surface area contributed by atoms with Gasteiger partial charge >= 0.3 is 0 Å². The van der Waals surface area contributed by atoms with Crippen LogP contribution in [0.4, 0.5) is 28.8 Å². The Bertz CT molecular complexity index is 1680. The van der Waals surface area contributed by atoms with Crippen molar-refractivity contribution in [3.63, 3.8) is 0 Å². The number of ether oxygens (including phenoxy) is 1. The Morgan fingerprint density at radius 1 is 1.05 bits per heavy atom. The highest BCUT2D eigenvalue weighted by molar-refractivity contribution is 7.92. The van der Waals surface area contributed by atoms with Gasteiger partial charge in [0.25, 0.3) is 0 Å². The number of sulfonamides is 1. The molecule has 0 spiro atoms. The van der Waals surface area contributed by atoms with Gasteiger partial charge in [-0.15, -0.1) is 0 Å². The number of aromatic amines is 1. The quantitative estimate of drug-likeness (QED) is 0.292. The summed E-state index contributed by atoms with van der Waals surface area (Å²) < 4.78 is 32.3. The van der Waals surface area contributed by atoms with Gasteiger partial charge in [0.15, 0.2) is 0 Å². The van der Waals surface area contributed by atoms with E-state index in [0.717, 1.165) is 48.3 Å². The first kappa shape index (κ1) is 26.4. The van der Waals surface area contributed by atoms with E-state index >= 15 is 0 Å². The SMILES string of the molecule is COc1cc(C2CCN(C)CC2)c(C)cc1Nc1nc(Nc2cccc3c2N(S(C)(=O)=O)CC3)c2cc[nH]c2n1. The van der Waals surface area contributed by atoms with Crippen LogP contribution in [-0.2, 0) is 16.4 Å². The lowest BCUT2D eigenvalue weighted by atomic mass is 9.86. The number of H-pyrrole nitrogens is 1. The first-order valence-corrected chi connectivity index (χ1v) is 15.4. The van der Waals surface area contributed by atoms with Crippen molar-refractivity contribution in [2.75, 3.05) is 55.0 Å². The van der Waals surface area contributed by atoms with Crippen LogP contribution in [0.2, 0.25) is 0 Å². The molecule has 0 bridgehead atoms. The smallest absolute Gasteiger partial charge is 0.232 e. The monoisotopic (exact) mass is 561 g/mol. The van der Waals surface area contributed by atoms with Gasteiger partial charge in [-0.3, -0.25) is 4.31 Å². The average molecular weight is 562 g/mol. The summed E-state index contributed by atoms with van der Waals surface area (Å²) in [5.74, 6) is 2.23. The van der Waals surface area contributed by atoms with Gasteiger partial charge in [0, 0.05) is 12.7 Å². The summed E-state index contributed by atoms with van der Waals surface area (Å²) in [7, 11) is 0.443. The van der Waals surface area contributed by atoms with Crippen LogP contribution < -0.4 is 19.7 Å². The Labute approximate surface area is 234 Å². The Hall–Kier alpha value is -3.83. The number of nitrogens with one attached hydrogen (secondary N) is 3. The molecule has 4 aromatic rings. The van der Waals surface area contributed by atoms with Gasteiger partial charge in [0.2, 0.25) is 16.0 Å². The van der Waals surface area contributed by atoms with E-state index in [9.17, 15) is 8.42 Å². The molecule has 1 fully saturated rings. The van der Waals surface area contributed by atoms with Crippen LogP contribution in [0.15, 0.2) is 42.6 Å². The highest BCUT2D eigenvalue weighted by Gasteiger charge is 2.29. The van der Waals surface area contributed by atoms with Crippen molar-refractivity contribution in [2.45, 2.75) is 32.1 Å². The maximum absolute atomic E-state index is 12.5. The third-order valence-electron chi connectivity index (χ3n) is 8.02. The van der Waals surface area contributed by atoms with E-state index in [4.69, 9.17) is 14.7 Å². The topological polar surface area (TPSA) is 115 Å². The van der Waals surface area contributed by atoms with Crippen LogP contribution in [-0.4, -0.2) is 68.3 Å². The van der Waals surface area contributed by atoms with Crippen LogP contribution in [0.3, 0.4) is 0 Å². The molecule has 2 aromatic heterocycles. The summed E-state index contributed by atoms with van der Waals surface area (Å²) in [5, 5.41) is 7.58. The van der Waals surface area contributed by atoms with Crippen LogP contribution in [0.25, 0.3) is 11.0 Å². The number of anilines is 5. The molecule has 6 rings (SSSR count). The number of fused-ring (bicyclic) bond motifs is 2. The first-order valence-electron chi connectivity index (χ1n) is 13.6. The lowest BCUT2D eigenvalue weighted by Crippen LogP contribution is -2.29. The molecule has 0 amide bonds. The van der Waals surface area contributed by atoms with Crippen molar-refractivity contribution in [1.29, 1.82) is 0 Å². The molecule has 1 saturated heterocycles. The molecule has 0 saturated carbocycles. The summed E-state index contributed by atoms with van der Waals surface area (Å²) >= 11 is 0. The number of para-hydroxylation sites is 1. The minimum absolute atomic E-state index is 0.398. The molecule has 2 aromatic carbocycles. The Kier molecular flexibility index (Phi) is 6.79. The number of aromatic nitrogens is 3. The Morgan fingerprint density at radius 3 is 2.60 bits per heavy atom. The number of benzene rings is 2. The van der Waals surface area contributed by atoms with E-state index in [0.29, 0.717) is 47.7 Å². The number of hydrogen-bond donors (Lipinski definition) is 3. The molecule has 0 atom stereocenters. The predicted molar refractivity (Wildman–Crippen MR) is 160 cm³/mol. The van der Waals surface area contributed by atoms with Gasteiger partial charge in [-0.2, -0.15) is 9.97 Å². The van der Waals surface area contributed by atoms with E-state index in [-0.39, 0.29) is 0 Å². The molecular weight excluding hydrogens is 526 g/mol. The standard InChI is InChI=1S/C29H35N7O3S/c1-18-16-24(25(39-3)17-22(18)19-9-13-35(2)14-10-19)32-29-33-27-21(8-12-30-27)28(34-29)31-23-7-5-6-20-11-15-36(26(20)23)40(4,37)38/h5-8,12,16-17,19H,9-11,13-15H2,1-4H3,(H3,30,31,32,33,34). The molecule has 0 aliphatic carbocycles. The summed E-state index contributed by atoms with van der Waals surface area (Å²) in [4.78, 5) is 15.1. The Morgan fingerprint density at radius 2 is 1.85 bits per heavy atom. The maximum atomic E-state index is 12.5. The Balaban J connectivity index is 1.34. The van der Waals surface area contributed by atoms with E-state index < -0.39 is 10.0 Å². The van der Waals surface area contributed by atoms with Crippen molar-refractivity contribution < 1.29 is 13.2 Å². The molecule has 2 aliphatic rings. The lowest BCUT2D eigenvalue weighted by molar-refractivity contribution is 0.255. The van der Waals surface area contributed by atoms with Gasteiger partial charge in [-0.1, -0.05) is 12.1 Å². The zero-order valence-corrected chi connectivity index (χ0v) is 24.1. The number of likely N-dealkylation sites (tertiary alicyclic amines) is 1. The fraction of sp³-hybridized carbons (Fsp3) is 0.379. The first-order chi connectivity index (χ1) is 19.2. The van der Waals surface area contributed by atoms with Crippen LogP contribution in [0.1, 0.15) is 35.4 Å². The zero-order valence-electron chi connectivity index (χ0n) is 23.3. The molecule has 3 N–H and O–H groups in total. The number of rotatable bonds is 7. The second-order valence-corrected chi connectivity index (χ2v) is 12.7. The second kappa shape index (κ2) is 10.3. The number of nitrogens with zero attached hydrogens (tertiary/aromatic N) is 4. The van der Waals surface area contributed by atoms with Gasteiger partial charge in [-0.25, -0.2) is 8.42 Å². The van der Waals surface area contributed by atoms with E-state index in [2.05, 4.69) is 46.6 Å². The fourth-order valence-electron chi connectivity index (χ4n) is 5.92. The molecule has 4 heterocycles. The zero-order chi connectivity index (χ0) is 28.0. The van der Waals surface area contributed by atoms with Gasteiger partial charge in [0.1, 0.15) is 17.2 Å². The van der Waals surface area contributed by atoms with Crippen molar-refractivity contribution >= 4 is 49.9 Å². The molecule has 40 heavy (non-hydrogen) atoms. The molecule has 0 radical (unpaired) electrons. The van der Waals surface area contributed by atoms with Crippen molar-refractivity contribution in [1.82, 2.24) is 19.9 Å². The molecule has 0 unspecified atom stereocenters. The largest absolute Gasteiger partial charge is 0.495 e. The minimum Gasteiger partial charge on any atom is -0.495 e. The summed E-state index contributed by atoms with van der Waals surface area (Å²) in [6.07, 6.45) is 5.99. The number of hydrogen-bond acceptors (Lipinski definition) is 8. The highest BCUT2D eigenvalue weighted by atomic mass is 32.2. The lowest BCUT2D eigenvalue weighted by Gasteiger charge is -2.30. The van der Waals surface area contributed by atoms with Crippen LogP contribution >= 0.6 is 0 Å². The summed E-state index contributed by atoms with van der Waals surface area (Å²) in [6, 6.07) is 11.9. The normalized spacial score (nSPS) is 16.4. The van der Waals surface area contributed by atoms with Crippen molar-refractivity contribution in [3.05, 3.63) is 59.3 Å². The fourth-order valence-corrected chi connectivity index (χ4v) is 6.89. The molecule has 10 nitrogen and oxygen atoms in total. The summed E-state index contributed by atoms with van der Waals surface area (Å²) in [6.45, 7) is 4.76. The average Bonchev–Trinajstić information content (AvgIpc) is 3.58. The molecule has 210 valence electrons. The van der Waals surface area contributed by atoms with Gasteiger partial charge in [-0.05, 0) is 93.2 Å². The maximum Gasteiger partial charge on any atom is 0.232 e. The number of methoxy groups -OCH3 is 1. The van der Waals surface area contributed by atoms with Crippen molar-refractivity contribution in [2.24, 2.45) is 0 Å². The van der Waals surface area contributed by atoms with Crippen molar-refractivity contribution in [3.8, 4) is 5.75 Å². The second-order valence-electron chi connectivity index (χ2n) is 10.8. The molecule has 11 heteroatoms. The third-order valence-corrected chi connectivity index (χ3v) is 9.18. The van der Waals surface area contributed by atoms with Gasteiger partial charge < -0.3 is 25.3 Å². The van der Waals surface area contributed by atoms with E-state index in [1.165, 1.54) is 21.7 Å². The van der Waals surface area contributed by atoms with E-state index in [1.807, 2.05) is 30.5 Å².